The highest BCUT2D eigenvalue weighted by atomic mass is 16.5. The molecule has 0 radical (unpaired) electrons. The van der Waals surface area contributed by atoms with Crippen molar-refractivity contribution in [1.82, 2.24) is 0 Å². The highest BCUT2D eigenvalue weighted by Crippen LogP contribution is 2.37. The van der Waals surface area contributed by atoms with Crippen molar-refractivity contribution in [3.05, 3.63) is 0 Å². The summed E-state index contributed by atoms with van der Waals surface area (Å²) in [6, 6.07) is 0. The van der Waals surface area contributed by atoms with Crippen LogP contribution in [0.3, 0.4) is 0 Å². The van der Waals surface area contributed by atoms with Gasteiger partial charge in [0.05, 0.1) is 25.4 Å². The summed E-state index contributed by atoms with van der Waals surface area (Å²) in [4.78, 5) is 12.3. The van der Waals surface area contributed by atoms with Crippen LogP contribution < -0.4 is 0 Å². The van der Waals surface area contributed by atoms with Crippen LogP contribution in [0, 0.1) is 5.92 Å². The molecule has 0 amide bonds. The summed E-state index contributed by atoms with van der Waals surface area (Å²) < 4.78 is 21.6. The average molecular weight is 286 g/mol. The van der Waals surface area contributed by atoms with Gasteiger partial charge in [-0.25, -0.2) is 0 Å². The predicted octanol–water partition coefficient (Wildman–Crippen LogP) is 1.58. The van der Waals surface area contributed by atoms with Crippen LogP contribution in [0.15, 0.2) is 0 Å². The number of Topliss-reactive ketones (excluding diaryl/α,β-unsaturated/α-hetero) is 1. The van der Waals surface area contributed by atoms with Gasteiger partial charge < -0.3 is 18.9 Å². The van der Waals surface area contributed by atoms with Gasteiger partial charge in [-0.05, 0) is 25.7 Å². The van der Waals surface area contributed by atoms with Crippen LogP contribution in [0.4, 0.5) is 0 Å². The summed E-state index contributed by atoms with van der Waals surface area (Å²) in [5, 5.41) is 0. The Morgan fingerprint density at radius 2 is 2.00 bits per heavy atom. The molecule has 0 N–H and O–H groups in total. The fraction of sp³-hybridized carbons (Fsp3) is 0.933. The van der Waals surface area contributed by atoms with Crippen LogP contribution in [0.25, 0.3) is 0 Å². The zero-order valence-electron chi connectivity index (χ0n) is 12.4. The molecule has 0 aromatic heterocycles. The Labute approximate surface area is 120 Å². The topological polar surface area (TPSA) is 54.0 Å². The third kappa shape index (κ3) is 4.52. The van der Waals surface area contributed by atoms with Gasteiger partial charge in [0.15, 0.2) is 0 Å². The Hall–Kier alpha value is -0.490. The van der Waals surface area contributed by atoms with Crippen LogP contribution in [-0.2, 0) is 23.7 Å². The van der Waals surface area contributed by atoms with Crippen molar-refractivity contribution in [3.63, 3.8) is 0 Å². The molecule has 0 bridgehead atoms. The van der Waals surface area contributed by atoms with Gasteiger partial charge in [-0.15, -0.1) is 0 Å². The van der Waals surface area contributed by atoms with E-state index in [9.17, 15) is 4.79 Å². The lowest BCUT2D eigenvalue weighted by Crippen LogP contribution is -2.46. The molecule has 20 heavy (non-hydrogen) atoms. The fourth-order valence-electron chi connectivity index (χ4n) is 3.02. The highest BCUT2D eigenvalue weighted by molar-refractivity contribution is 5.81. The maximum atomic E-state index is 12.3. The van der Waals surface area contributed by atoms with E-state index in [1.54, 1.807) is 7.11 Å². The minimum absolute atomic E-state index is 0.103. The van der Waals surface area contributed by atoms with Crippen molar-refractivity contribution in [2.45, 2.75) is 37.7 Å². The van der Waals surface area contributed by atoms with Crippen molar-refractivity contribution in [3.8, 4) is 0 Å². The molecular weight excluding hydrogens is 260 g/mol. The molecule has 116 valence electrons. The molecule has 0 saturated carbocycles. The monoisotopic (exact) mass is 286 g/mol. The second-order valence-electron chi connectivity index (χ2n) is 5.66. The van der Waals surface area contributed by atoms with Gasteiger partial charge in [0.2, 0.25) is 0 Å². The molecule has 2 aliphatic rings. The Morgan fingerprint density at radius 3 is 2.75 bits per heavy atom. The molecule has 5 heteroatoms. The number of methoxy groups -OCH3 is 1. The predicted molar refractivity (Wildman–Crippen MR) is 73.8 cm³/mol. The largest absolute Gasteiger partial charge is 0.382 e. The van der Waals surface area contributed by atoms with E-state index in [0.29, 0.717) is 38.6 Å². The molecule has 0 aliphatic carbocycles. The molecule has 2 saturated heterocycles. The third-order valence-electron chi connectivity index (χ3n) is 4.28. The van der Waals surface area contributed by atoms with Gasteiger partial charge in [-0.2, -0.15) is 0 Å². The van der Waals surface area contributed by atoms with Crippen molar-refractivity contribution < 1.29 is 23.7 Å². The molecule has 1 spiro atoms. The summed E-state index contributed by atoms with van der Waals surface area (Å²) in [5.41, 5.74) is -0.103. The summed E-state index contributed by atoms with van der Waals surface area (Å²) in [6.45, 7) is 3.83. The van der Waals surface area contributed by atoms with E-state index in [0.717, 1.165) is 38.9 Å². The maximum Gasteiger partial charge on any atom is 0.138 e. The van der Waals surface area contributed by atoms with Gasteiger partial charge in [0, 0.05) is 39.3 Å². The second kappa shape index (κ2) is 8.08. The Kier molecular flexibility index (Phi) is 6.42. The van der Waals surface area contributed by atoms with E-state index in [2.05, 4.69) is 0 Å². The lowest BCUT2D eigenvalue weighted by atomic mass is 9.78. The molecule has 2 rings (SSSR count). The minimum atomic E-state index is -0.103. The maximum absolute atomic E-state index is 12.3. The zero-order valence-corrected chi connectivity index (χ0v) is 12.4. The smallest absolute Gasteiger partial charge is 0.138 e. The van der Waals surface area contributed by atoms with Crippen molar-refractivity contribution in [2.75, 3.05) is 46.8 Å². The highest BCUT2D eigenvalue weighted by Gasteiger charge is 2.40. The molecule has 0 aromatic rings. The second-order valence-corrected chi connectivity index (χ2v) is 5.66. The van der Waals surface area contributed by atoms with E-state index in [1.165, 1.54) is 0 Å². The average Bonchev–Trinajstić information content (AvgIpc) is 2.48. The number of carbonyl (C=O) groups excluding carboxylic acids is 1. The van der Waals surface area contributed by atoms with E-state index in [1.807, 2.05) is 0 Å². The zero-order chi connectivity index (χ0) is 14.3. The minimum Gasteiger partial charge on any atom is -0.382 e. The third-order valence-corrected chi connectivity index (χ3v) is 4.28. The van der Waals surface area contributed by atoms with E-state index < -0.39 is 0 Å². The Bertz CT molecular complexity index is 293. The van der Waals surface area contributed by atoms with Crippen molar-refractivity contribution in [2.24, 2.45) is 5.92 Å². The summed E-state index contributed by atoms with van der Waals surface area (Å²) in [7, 11) is 1.64. The first-order valence-corrected chi connectivity index (χ1v) is 7.57. The Balaban J connectivity index is 1.72. The molecule has 2 fully saturated rings. The van der Waals surface area contributed by atoms with Gasteiger partial charge in [-0.3, -0.25) is 4.79 Å². The number of ketones is 1. The SMILES string of the molecule is COCCOCCC(=O)C1CCOC2(CCOCC2)C1. The molecule has 5 nitrogen and oxygen atoms in total. The van der Waals surface area contributed by atoms with Gasteiger partial charge >= 0.3 is 0 Å². The number of hydrogen-bond acceptors (Lipinski definition) is 5. The number of rotatable bonds is 7. The molecule has 2 heterocycles. The van der Waals surface area contributed by atoms with E-state index in [4.69, 9.17) is 18.9 Å². The first kappa shape index (κ1) is 15.9. The molecular formula is C15H26O5. The van der Waals surface area contributed by atoms with Crippen LogP contribution in [-0.4, -0.2) is 58.1 Å². The van der Waals surface area contributed by atoms with Gasteiger partial charge in [0.1, 0.15) is 5.78 Å². The summed E-state index contributed by atoms with van der Waals surface area (Å²) in [6.07, 6.45) is 4.04. The van der Waals surface area contributed by atoms with Gasteiger partial charge in [-0.1, -0.05) is 0 Å². The lowest BCUT2D eigenvalue weighted by molar-refractivity contribution is -0.157. The lowest BCUT2D eigenvalue weighted by Gasteiger charge is -2.42. The fourth-order valence-corrected chi connectivity index (χ4v) is 3.02. The van der Waals surface area contributed by atoms with E-state index >= 15 is 0 Å². The molecule has 0 aromatic carbocycles. The number of hydrogen-bond donors (Lipinski definition) is 0. The van der Waals surface area contributed by atoms with Crippen LogP contribution in [0.1, 0.15) is 32.1 Å². The first-order valence-electron chi connectivity index (χ1n) is 7.57. The van der Waals surface area contributed by atoms with E-state index in [-0.39, 0.29) is 11.5 Å². The van der Waals surface area contributed by atoms with Crippen molar-refractivity contribution >= 4 is 5.78 Å². The number of ether oxygens (including phenoxy) is 4. The first-order chi connectivity index (χ1) is 9.76. The Morgan fingerprint density at radius 1 is 1.20 bits per heavy atom. The molecule has 2 aliphatic heterocycles. The van der Waals surface area contributed by atoms with Gasteiger partial charge in [0.25, 0.3) is 0 Å². The summed E-state index contributed by atoms with van der Waals surface area (Å²) >= 11 is 0. The molecule has 1 atom stereocenters. The van der Waals surface area contributed by atoms with Crippen LogP contribution >= 0.6 is 0 Å². The number of carbonyl (C=O) groups is 1. The molecule has 1 unspecified atom stereocenters. The van der Waals surface area contributed by atoms with Crippen molar-refractivity contribution in [1.29, 1.82) is 0 Å². The normalized spacial score (nSPS) is 25.8. The van der Waals surface area contributed by atoms with Crippen LogP contribution in [0.2, 0.25) is 0 Å². The quantitative estimate of drug-likeness (QED) is 0.665. The van der Waals surface area contributed by atoms with Crippen LogP contribution in [0.5, 0.6) is 0 Å². The summed E-state index contributed by atoms with van der Waals surface area (Å²) in [5.74, 6) is 0.449. The standard InChI is InChI=1S/C15H26O5/c1-17-10-11-18-6-3-14(16)13-2-7-20-15(12-13)4-8-19-9-5-15/h13H,2-12H2,1H3.